The number of carbonyl (C=O) groups is 3. The van der Waals surface area contributed by atoms with Gasteiger partial charge in [-0.1, -0.05) is 0 Å². The van der Waals surface area contributed by atoms with Crippen molar-refractivity contribution in [1.29, 1.82) is 0 Å². The minimum atomic E-state index is -0.787. The van der Waals surface area contributed by atoms with Gasteiger partial charge >= 0.3 is 5.97 Å². The zero-order valence-electron chi connectivity index (χ0n) is 11.8. The van der Waals surface area contributed by atoms with E-state index in [1.807, 2.05) is 4.90 Å². The first-order chi connectivity index (χ1) is 9.47. The molecular formula is C14H22N2O4. The largest absolute Gasteiger partial charge is 0.481 e. The second-order valence-corrected chi connectivity index (χ2v) is 5.85. The minimum absolute atomic E-state index is 0.0325. The van der Waals surface area contributed by atoms with Crippen LogP contribution < -0.4 is 5.32 Å². The van der Waals surface area contributed by atoms with E-state index in [-0.39, 0.29) is 29.7 Å². The Hall–Kier alpha value is -1.59. The van der Waals surface area contributed by atoms with Crippen LogP contribution in [-0.4, -0.2) is 46.9 Å². The van der Waals surface area contributed by atoms with Crippen LogP contribution in [-0.2, 0) is 14.4 Å². The molecule has 112 valence electrons. The quantitative estimate of drug-likeness (QED) is 0.794. The second-order valence-electron chi connectivity index (χ2n) is 5.85. The van der Waals surface area contributed by atoms with Crippen molar-refractivity contribution in [3.8, 4) is 0 Å². The molecule has 2 fully saturated rings. The van der Waals surface area contributed by atoms with Crippen molar-refractivity contribution < 1.29 is 19.5 Å². The highest BCUT2D eigenvalue weighted by atomic mass is 16.4. The summed E-state index contributed by atoms with van der Waals surface area (Å²) in [4.78, 5) is 36.1. The van der Waals surface area contributed by atoms with Gasteiger partial charge in [0.05, 0.1) is 5.92 Å². The molecule has 2 N–H and O–H groups in total. The smallest absolute Gasteiger partial charge is 0.306 e. The number of amides is 2. The summed E-state index contributed by atoms with van der Waals surface area (Å²) in [5.41, 5.74) is 0. The first-order valence-corrected chi connectivity index (χ1v) is 7.26. The van der Waals surface area contributed by atoms with Crippen molar-refractivity contribution in [2.45, 2.75) is 45.1 Å². The van der Waals surface area contributed by atoms with Crippen molar-refractivity contribution in [1.82, 2.24) is 10.2 Å². The molecule has 1 heterocycles. The topological polar surface area (TPSA) is 86.7 Å². The molecule has 0 bridgehead atoms. The summed E-state index contributed by atoms with van der Waals surface area (Å²) in [6.07, 6.45) is 3.32. The molecule has 2 rings (SSSR count). The van der Waals surface area contributed by atoms with Crippen LogP contribution >= 0.6 is 0 Å². The molecule has 0 aromatic rings. The van der Waals surface area contributed by atoms with Gasteiger partial charge in [0.2, 0.25) is 11.8 Å². The first-order valence-electron chi connectivity index (χ1n) is 7.26. The maximum Gasteiger partial charge on any atom is 0.306 e. The highest BCUT2D eigenvalue weighted by Crippen LogP contribution is 2.32. The molecule has 2 unspecified atom stereocenters. The van der Waals surface area contributed by atoms with Gasteiger partial charge in [-0.05, 0) is 32.1 Å². The Bertz CT molecular complexity index is 402. The summed E-state index contributed by atoms with van der Waals surface area (Å²) < 4.78 is 0. The third-order valence-electron chi connectivity index (χ3n) is 4.35. The number of nitrogens with zero attached hydrogens (tertiary/aromatic N) is 1. The van der Waals surface area contributed by atoms with E-state index >= 15 is 0 Å². The normalized spacial score (nSPS) is 27.4. The number of likely N-dealkylation sites (tertiary alicyclic amines) is 1. The lowest BCUT2D eigenvalue weighted by Gasteiger charge is -2.33. The van der Waals surface area contributed by atoms with E-state index in [0.717, 1.165) is 12.8 Å². The molecule has 1 saturated carbocycles. The third-order valence-corrected chi connectivity index (χ3v) is 4.35. The number of piperidine rings is 1. The summed E-state index contributed by atoms with van der Waals surface area (Å²) in [5, 5.41) is 11.9. The van der Waals surface area contributed by atoms with Crippen molar-refractivity contribution in [2.24, 2.45) is 11.8 Å². The number of carboxylic acids is 1. The van der Waals surface area contributed by atoms with Gasteiger partial charge in [-0.2, -0.15) is 0 Å². The Labute approximate surface area is 118 Å². The predicted molar refractivity (Wildman–Crippen MR) is 71.9 cm³/mol. The molecule has 6 nitrogen and oxygen atoms in total. The van der Waals surface area contributed by atoms with E-state index in [2.05, 4.69) is 5.32 Å². The van der Waals surface area contributed by atoms with Crippen LogP contribution in [0.2, 0.25) is 0 Å². The average Bonchev–Trinajstić information content (AvgIpc) is 2.88. The predicted octanol–water partition coefficient (Wildman–Crippen LogP) is 0.614. The summed E-state index contributed by atoms with van der Waals surface area (Å²) in [6, 6.07) is 0.159. The van der Waals surface area contributed by atoms with E-state index in [9.17, 15) is 14.4 Å². The lowest BCUT2D eigenvalue weighted by molar-refractivity contribution is -0.141. The van der Waals surface area contributed by atoms with Gasteiger partial charge in [0.15, 0.2) is 0 Å². The molecule has 0 aromatic carbocycles. The highest BCUT2D eigenvalue weighted by Gasteiger charge is 2.36. The first kappa shape index (κ1) is 14.8. The van der Waals surface area contributed by atoms with E-state index in [1.165, 1.54) is 6.92 Å². The number of hydrogen-bond acceptors (Lipinski definition) is 3. The average molecular weight is 282 g/mol. The number of rotatable bonds is 3. The van der Waals surface area contributed by atoms with Crippen molar-refractivity contribution in [2.75, 3.05) is 13.1 Å². The van der Waals surface area contributed by atoms with E-state index in [0.29, 0.717) is 32.4 Å². The molecule has 0 radical (unpaired) electrons. The lowest BCUT2D eigenvalue weighted by atomic mass is 10.00. The minimum Gasteiger partial charge on any atom is -0.481 e. The summed E-state index contributed by atoms with van der Waals surface area (Å²) >= 11 is 0. The Balaban J connectivity index is 1.80. The number of carbonyl (C=O) groups excluding carboxylic acids is 2. The van der Waals surface area contributed by atoms with Crippen LogP contribution in [0.25, 0.3) is 0 Å². The van der Waals surface area contributed by atoms with Crippen LogP contribution in [0.4, 0.5) is 0 Å². The summed E-state index contributed by atoms with van der Waals surface area (Å²) in [5.74, 6) is -1.22. The Morgan fingerprint density at radius 2 is 1.65 bits per heavy atom. The molecule has 1 aliphatic carbocycles. The summed E-state index contributed by atoms with van der Waals surface area (Å²) in [7, 11) is 0. The fraction of sp³-hybridized carbons (Fsp3) is 0.786. The monoisotopic (exact) mass is 282 g/mol. The van der Waals surface area contributed by atoms with Crippen molar-refractivity contribution in [3.05, 3.63) is 0 Å². The molecule has 1 saturated heterocycles. The Morgan fingerprint density at radius 3 is 2.15 bits per heavy atom. The molecule has 6 heteroatoms. The summed E-state index contributed by atoms with van der Waals surface area (Å²) in [6.45, 7) is 2.80. The highest BCUT2D eigenvalue weighted by molar-refractivity contribution is 5.81. The zero-order valence-corrected chi connectivity index (χ0v) is 11.8. The molecule has 20 heavy (non-hydrogen) atoms. The maximum atomic E-state index is 12.3. The fourth-order valence-electron chi connectivity index (χ4n) is 3.22. The van der Waals surface area contributed by atoms with E-state index in [1.54, 1.807) is 0 Å². The standard InChI is InChI=1S/C14H22N2O4/c1-9(17)15-12-4-6-16(7-5-12)13(18)10-2-3-11(8-10)14(19)20/h10-12H,2-8H2,1H3,(H,15,17)(H,19,20). The molecule has 2 aliphatic rings. The fourth-order valence-corrected chi connectivity index (χ4v) is 3.22. The van der Waals surface area contributed by atoms with E-state index < -0.39 is 5.97 Å². The van der Waals surface area contributed by atoms with Crippen molar-refractivity contribution in [3.63, 3.8) is 0 Å². The van der Waals surface area contributed by atoms with Crippen LogP contribution in [0.1, 0.15) is 39.0 Å². The van der Waals surface area contributed by atoms with Crippen LogP contribution in [0.5, 0.6) is 0 Å². The number of aliphatic carboxylic acids is 1. The zero-order chi connectivity index (χ0) is 14.7. The Morgan fingerprint density at radius 1 is 1.05 bits per heavy atom. The third kappa shape index (κ3) is 3.49. The van der Waals surface area contributed by atoms with Gasteiger partial charge in [0, 0.05) is 32.0 Å². The number of hydrogen-bond donors (Lipinski definition) is 2. The van der Waals surface area contributed by atoms with Crippen molar-refractivity contribution >= 4 is 17.8 Å². The van der Waals surface area contributed by atoms with Gasteiger partial charge < -0.3 is 15.3 Å². The van der Waals surface area contributed by atoms with Crippen LogP contribution in [0.3, 0.4) is 0 Å². The van der Waals surface area contributed by atoms with Gasteiger partial charge in [-0.15, -0.1) is 0 Å². The molecule has 0 aromatic heterocycles. The van der Waals surface area contributed by atoms with Crippen LogP contribution in [0.15, 0.2) is 0 Å². The SMILES string of the molecule is CC(=O)NC1CCN(C(=O)C2CCC(C(=O)O)C2)CC1. The molecule has 2 amide bonds. The van der Waals surface area contributed by atoms with Gasteiger partial charge in [-0.25, -0.2) is 0 Å². The van der Waals surface area contributed by atoms with Crippen LogP contribution in [0, 0.1) is 11.8 Å². The molecule has 0 spiro atoms. The van der Waals surface area contributed by atoms with Gasteiger partial charge in [-0.3, -0.25) is 14.4 Å². The molecule has 2 atom stereocenters. The lowest BCUT2D eigenvalue weighted by Crippen LogP contribution is -2.47. The molecule has 1 aliphatic heterocycles. The van der Waals surface area contributed by atoms with Gasteiger partial charge in [0.1, 0.15) is 0 Å². The maximum absolute atomic E-state index is 12.3. The number of carboxylic acid groups (broad SMARTS) is 1. The number of nitrogens with one attached hydrogen (secondary N) is 1. The van der Waals surface area contributed by atoms with Gasteiger partial charge in [0.25, 0.3) is 0 Å². The Kier molecular flexibility index (Phi) is 4.62. The molecular weight excluding hydrogens is 260 g/mol. The second kappa shape index (κ2) is 6.24. The van der Waals surface area contributed by atoms with E-state index in [4.69, 9.17) is 5.11 Å².